The summed E-state index contributed by atoms with van der Waals surface area (Å²) < 4.78 is 13.1. The summed E-state index contributed by atoms with van der Waals surface area (Å²) in [6, 6.07) is 12.6. The summed E-state index contributed by atoms with van der Waals surface area (Å²) in [5.74, 6) is 0.222. The van der Waals surface area contributed by atoms with Crippen LogP contribution in [0.2, 0.25) is 0 Å². The highest BCUT2D eigenvalue weighted by molar-refractivity contribution is 5.21. The average molecular weight is 326 g/mol. The number of nitrogens with zero attached hydrogens (tertiary/aromatic N) is 2. The van der Waals surface area contributed by atoms with Crippen LogP contribution in [0.4, 0.5) is 4.39 Å². The van der Waals surface area contributed by atoms with E-state index in [9.17, 15) is 9.50 Å². The minimum absolute atomic E-state index is 0.196. The maximum absolute atomic E-state index is 13.1. The Morgan fingerprint density at radius 2 is 1.79 bits per heavy atom. The first-order valence-corrected chi connectivity index (χ1v) is 8.77. The quantitative estimate of drug-likeness (QED) is 0.940. The van der Waals surface area contributed by atoms with E-state index in [-0.39, 0.29) is 17.7 Å². The zero-order chi connectivity index (χ0) is 16.6. The second-order valence-corrected chi connectivity index (χ2v) is 7.19. The van der Waals surface area contributed by atoms with Crippen molar-refractivity contribution >= 4 is 0 Å². The molecule has 0 spiro atoms. The normalized spacial score (nSPS) is 30.2. The van der Waals surface area contributed by atoms with Gasteiger partial charge < -0.3 is 5.11 Å². The van der Waals surface area contributed by atoms with Crippen LogP contribution in [0.5, 0.6) is 0 Å². The largest absolute Gasteiger partial charge is 0.383 e. The number of likely N-dealkylation sites (tertiary alicyclic amines) is 1. The molecule has 126 valence electrons. The second kappa shape index (κ2) is 6.26. The molecule has 0 amide bonds. The fraction of sp³-hybridized carbons (Fsp3) is 0.450. The van der Waals surface area contributed by atoms with Crippen LogP contribution in [0.1, 0.15) is 30.5 Å². The molecule has 1 aromatic heterocycles. The standard InChI is InChI=1S/C20H23FN2O/c21-18-9-7-15(8-10-18)12-23-13-16-4-3-5-17(14-23)20(16,24)19-6-1-2-11-22-19/h1-2,6-11,16-17,24H,3-5,12-14H2/t16-,17-/m0/s1. The fourth-order valence-corrected chi connectivity index (χ4v) is 4.54. The Kier molecular flexibility index (Phi) is 4.10. The molecule has 4 heteroatoms. The molecule has 1 saturated carbocycles. The Balaban J connectivity index is 1.55. The van der Waals surface area contributed by atoms with Gasteiger partial charge in [-0.05, 0) is 42.7 Å². The van der Waals surface area contributed by atoms with E-state index in [1.165, 1.54) is 18.6 Å². The number of aromatic nitrogens is 1. The molecule has 2 aromatic rings. The van der Waals surface area contributed by atoms with Gasteiger partial charge in [-0.2, -0.15) is 0 Å². The minimum atomic E-state index is -0.807. The molecule has 24 heavy (non-hydrogen) atoms. The molecule has 2 bridgehead atoms. The topological polar surface area (TPSA) is 36.4 Å². The maximum atomic E-state index is 13.1. The van der Waals surface area contributed by atoms with Crippen molar-refractivity contribution in [2.45, 2.75) is 31.4 Å². The van der Waals surface area contributed by atoms with Crippen LogP contribution in [0.25, 0.3) is 0 Å². The van der Waals surface area contributed by atoms with E-state index in [4.69, 9.17) is 0 Å². The van der Waals surface area contributed by atoms with Gasteiger partial charge in [0.1, 0.15) is 11.4 Å². The molecule has 1 aliphatic carbocycles. The van der Waals surface area contributed by atoms with E-state index in [0.717, 1.165) is 43.7 Å². The van der Waals surface area contributed by atoms with Gasteiger partial charge in [0.05, 0.1) is 5.69 Å². The second-order valence-electron chi connectivity index (χ2n) is 7.19. The van der Waals surface area contributed by atoms with Crippen LogP contribution in [-0.2, 0) is 12.1 Å². The Morgan fingerprint density at radius 3 is 2.42 bits per heavy atom. The van der Waals surface area contributed by atoms with E-state index < -0.39 is 5.60 Å². The van der Waals surface area contributed by atoms with Gasteiger partial charge >= 0.3 is 0 Å². The van der Waals surface area contributed by atoms with Crippen molar-refractivity contribution in [3.8, 4) is 0 Å². The molecule has 2 aliphatic rings. The van der Waals surface area contributed by atoms with E-state index in [2.05, 4.69) is 9.88 Å². The highest BCUT2D eigenvalue weighted by Gasteiger charge is 2.52. The van der Waals surface area contributed by atoms with Gasteiger partial charge in [0.15, 0.2) is 0 Å². The Bertz CT molecular complexity index is 675. The molecule has 3 nitrogen and oxygen atoms in total. The van der Waals surface area contributed by atoms with Crippen LogP contribution in [0.15, 0.2) is 48.7 Å². The number of pyridine rings is 1. The summed E-state index contributed by atoms with van der Waals surface area (Å²) in [4.78, 5) is 6.87. The number of fused-ring (bicyclic) bond motifs is 2. The van der Waals surface area contributed by atoms with Crippen LogP contribution in [0, 0.1) is 17.7 Å². The van der Waals surface area contributed by atoms with Crippen molar-refractivity contribution in [3.05, 3.63) is 65.7 Å². The number of hydrogen-bond acceptors (Lipinski definition) is 3. The van der Waals surface area contributed by atoms with Crippen molar-refractivity contribution in [3.63, 3.8) is 0 Å². The molecule has 0 radical (unpaired) electrons. The highest BCUT2D eigenvalue weighted by Crippen LogP contribution is 2.48. The molecule has 1 N–H and O–H groups in total. The van der Waals surface area contributed by atoms with Crippen molar-refractivity contribution < 1.29 is 9.50 Å². The van der Waals surface area contributed by atoms with Crippen molar-refractivity contribution in [2.24, 2.45) is 11.8 Å². The van der Waals surface area contributed by atoms with E-state index in [1.807, 2.05) is 30.3 Å². The molecule has 0 unspecified atom stereocenters. The maximum Gasteiger partial charge on any atom is 0.123 e. The van der Waals surface area contributed by atoms with Gasteiger partial charge in [0, 0.05) is 37.7 Å². The number of benzene rings is 1. The number of rotatable bonds is 3. The third-order valence-electron chi connectivity index (χ3n) is 5.70. The zero-order valence-electron chi connectivity index (χ0n) is 13.7. The Hall–Kier alpha value is -1.78. The summed E-state index contributed by atoms with van der Waals surface area (Å²) in [5.41, 5.74) is 1.14. The summed E-state index contributed by atoms with van der Waals surface area (Å²) in [6.07, 6.45) is 5.01. The first kappa shape index (κ1) is 15.7. The summed E-state index contributed by atoms with van der Waals surface area (Å²) in [7, 11) is 0. The SMILES string of the molecule is OC1(c2ccccn2)[C@H]2CCC[C@H]1CN(Cc1ccc(F)cc1)C2. The Labute approximate surface area is 142 Å². The van der Waals surface area contributed by atoms with Crippen LogP contribution in [0.3, 0.4) is 0 Å². The number of halogens is 1. The lowest BCUT2D eigenvalue weighted by Gasteiger charge is -2.52. The van der Waals surface area contributed by atoms with Gasteiger partial charge in [0.25, 0.3) is 0 Å². The lowest BCUT2D eigenvalue weighted by atomic mass is 9.64. The van der Waals surface area contributed by atoms with E-state index >= 15 is 0 Å². The first-order chi connectivity index (χ1) is 11.7. The van der Waals surface area contributed by atoms with E-state index in [1.54, 1.807) is 6.20 Å². The number of aliphatic hydroxyl groups is 1. The van der Waals surface area contributed by atoms with Crippen LogP contribution >= 0.6 is 0 Å². The number of piperidine rings is 1. The smallest absolute Gasteiger partial charge is 0.123 e. The Morgan fingerprint density at radius 1 is 1.08 bits per heavy atom. The molecule has 1 aliphatic heterocycles. The highest BCUT2D eigenvalue weighted by atomic mass is 19.1. The van der Waals surface area contributed by atoms with Gasteiger partial charge in [0.2, 0.25) is 0 Å². The third-order valence-corrected chi connectivity index (χ3v) is 5.70. The molecule has 2 fully saturated rings. The minimum Gasteiger partial charge on any atom is -0.383 e. The van der Waals surface area contributed by atoms with Gasteiger partial charge in [-0.1, -0.05) is 24.6 Å². The first-order valence-electron chi connectivity index (χ1n) is 8.77. The molecule has 2 atom stereocenters. The van der Waals surface area contributed by atoms with Crippen molar-refractivity contribution in [1.29, 1.82) is 0 Å². The van der Waals surface area contributed by atoms with Crippen LogP contribution < -0.4 is 0 Å². The average Bonchev–Trinajstić information content (AvgIpc) is 2.59. The van der Waals surface area contributed by atoms with Gasteiger partial charge in [-0.25, -0.2) is 4.39 Å². The molecule has 4 rings (SSSR count). The molecule has 1 aromatic carbocycles. The summed E-state index contributed by atoms with van der Waals surface area (Å²) in [6.45, 7) is 2.54. The van der Waals surface area contributed by atoms with Crippen LogP contribution in [-0.4, -0.2) is 28.1 Å². The zero-order valence-corrected chi connectivity index (χ0v) is 13.7. The van der Waals surface area contributed by atoms with Crippen molar-refractivity contribution in [1.82, 2.24) is 9.88 Å². The molecule has 1 saturated heterocycles. The van der Waals surface area contributed by atoms with Crippen molar-refractivity contribution in [2.75, 3.05) is 13.1 Å². The monoisotopic (exact) mass is 326 g/mol. The lowest BCUT2D eigenvalue weighted by molar-refractivity contribution is -0.151. The number of hydrogen-bond donors (Lipinski definition) is 1. The third kappa shape index (κ3) is 2.74. The summed E-state index contributed by atoms with van der Waals surface area (Å²) >= 11 is 0. The van der Waals surface area contributed by atoms with E-state index in [0.29, 0.717) is 0 Å². The lowest BCUT2D eigenvalue weighted by Crippen LogP contribution is -2.58. The molecule has 2 heterocycles. The predicted molar refractivity (Wildman–Crippen MR) is 90.6 cm³/mol. The van der Waals surface area contributed by atoms with Gasteiger partial charge in [-0.15, -0.1) is 0 Å². The summed E-state index contributed by atoms with van der Waals surface area (Å²) in [5, 5.41) is 11.5. The molecular formula is C20H23FN2O. The fourth-order valence-electron chi connectivity index (χ4n) is 4.54. The van der Waals surface area contributed by atoms with Gasteiger partial charge in [-0.3, -0.25) is 9.88 Å². The molecular weight excluding hydrogens is 303 g/mol. The predicted octanol–water partition coefficient (Wildman–Crippen LogP) is 3.34.